The third-order valence-electron chi connectivity index (χ3n) is 4.07. The summed E-state index contributed by atoms with van der Waals surface area (Å²) in [6, 6.07) is 5.90. The molecule has 4 rings (SSSR count). The molecule has 3 aromatic rings. The van der Waals surface area contributed by atoms with E-state index in [1.165, 1.54) is 0 Å². The number of nitrogens with one attached hydrogen (secondary N) is 2. The number of nitrogens with zero attached hydrogens (tertiary/aromatic N) is 3. The van der Waals surface area contributed by atoms with E-state index in [1.807, 2.05) is 25.1 Å². The van der Waals surface area contributed by atoms with Crippen molar-refractivity contribution in [2.24, 2.45) is 0 Å². The van der Waals surface area contributed by atoms with E-state index in [2.05, 4.69) is 25.5 Å². The second-order valence-electron chi connectivity index (χ2n) is 5.33. The van der Waals surface area contributed by atoms with E-state index in [4.69, 9.17) is 15.8 Å². The fourth-order valence-corrected chi connectivity index (χ4v) is 2.97. The van der Waals surface area contributed by atoms with Gasteiger partial charge in [0.25, 0.3) is 0 Å². The zero-order valence-electron chi connectivity index (χ0n) is 12.5. The van der Waals surface area contributed by atoms with Crippen LogP contribution in [0.4, 0.5) is 5.88 Å². The molecule has 0 radical (unpaired) electrons. The summed E-state index contributed by atoms with van der Waals surface area (Å²) >= 11 is 0. The summed E-state index contributed by atoms with van der Waals surface area (Å²) in [6.07, 6.45) is 1.65. The summed E-state index contributed by atoms with van der Waals surface area (Å²) in [5.74, 6) is 0.893. The zero-order valence-corrected chi connectivity index (χ0v) is 12.5. The van der Waals surface area contributed by atoms with Crippen LogP contribution in [0.25, 0.3) is 15.7 Å². The fraction of sp³-hybridized carbons (Fsp3) is 0.188. The first-order chi connectivity index (χ1) is 11.2. The lowest BCUT2D eigenvalue weighted by atomic mass is 9.86. The Balaban J connectivity index is 1.94. The molecule has 23 heavy (non-hydrogen) atoms. The molecule has 1 aromatic carbocycles. The summed E-state index contributed by atoms with van der Waals surface area (Å²) in [5.41, 5.74) is 4.10. The molecular weight excluding hydrogens is 294 g/mol. The molecule has 114 valence electrons. The first kappa shape index (κ1) is 13.4. The van der Waals surface area contributed by atoms with Crippen molar-refractivity contribution < 1.29 is 9.26 Å². The Morgan fingerprint density at radius 3 is 3.04 bits per heavy atom. The van der Waals surface area contributed by atoms with Crippen LogP contribution in [0.2, 0.25) is 0 Å². The fourth-order valence-electron chi connectivity index (χ4n) is 2.97. The van der Waals surface area contributed by atoms with E-state index in [0.29, 0.717) is 17.5 Å². The van der Waals surface area contributed by atoms with Crippen molar-refractivity contribution in [2.75, 3.05) is 12.4 Å². The lowest BCUT2D eigenvalue weighted by Gasteiger charge is -2.23. The Morgan fingerprint density at radius 2 is 2.26 bits per heavy atom. The van der Waals surface area contributed by atoms with E-state index < -0.39 is 0 Å². The SMILES string of the molecule is [C-]#[N+]C1=C(C)Nc2oncc2C1c1ccc2[nH]nc(OC)c2c1. The maximum Gasteiger partial charge on any atom is 0.240 e. The maximum atomic E-state index is 7.55. The Kier molecular flexibility index (Phi) is 2.84. The van der Waals surface area contributed by atoms with Crippen LogP contribution in [0.15, 0.2) is 40.3 Å². The number of aromatic nitrogens is 3. The molecule has 1 atom stereocenters. The molecule has 0 spiro atoms. The average molecular weight is 307 g/mol. The number of aromatic amines is 1. The Labute approximate surface area is 131 Å². The second-order valence-corrected chi connectivity index (χ2v) is 5.33. The number of fused-ring (bicyclic) bond motifs is 2. The van der Waals surface area contributed by atoms with Crippen molar-refractivity contribution in [3.05, 3.63) is 58.3 Å². The van der Waals surface area contributed by atoms with Crippen LogP contribution in [-0.4, -0.2) is 22.5 Å². The number of allylic oxidation sites excluding steroid dienone is 2. The Morgan fingerprint density at radius 1 is 1.39 bits per heavy atom. The van der Waals surface area contributed by atoms with Crippen LogP contribution in [0.1, 0.15) is 24.0 Å². The smallest absolute Gasteiger partial charge is 0.240 e. The minimum Gasteiger partial charge on any atom is -0.480 e. The van der Waals surface area contributed by atoms with Crippen LogP contribution in [0, 0.1) is 6.57 Å². The zero-order chi connectivity index (χ0) is 16.0. The molecule has 0 aliphatic carbocycles. The molecule has 0 saturated heterocycles. The highest BCUT2D eigenvalue weighted by molar-refractivity contribution is 5.85. The minimum absolute atomic E-state index is 0.223. The van der Waals surface area contributed by atoms with Crippen molar-refractivity contribution in [2.45, 2.75) is 12.8 Å². The number of ether oxygens (including phenoxy) is 1. The van der Waals surface area contributed by atoms with Gasteiger partial charge in [0.15, 0.2) is 5.70 Å². The molecule has 7 nitrogen and oxygen atoms in total. The normalized spacial score (nSPS) is 16.8. The van der Waals surface area contributed by atoms with Gasteiger partial charge in [0.05, 0.1) is 36.7 Å². The molecular formula is C16H13N5O2. The summed E-state index contributed by atoms with van der Waals surface area (Å²) in [4.78, 5) is 3.72. The van der Waals surface area contributed by atoms with E-state index >= 15 is 0 Å². The highest BCUT2D eigenvalue weighted by Crippen LogP contribution is 2.43. The van der Waals surface area contributed by atoms with Gasteiger partial charge in [0.2, 0.25) is 11.8 Å². The molecule has 1 aliphatic heterocycles. The topological polar surface area (TPSA) is 80.3 Å². The van der Waals surface area contributed by atoms with Gasteiger partial charge in [0.1, 0.15) is 0 Å². The van der Waals surface area contributed by atoms with Gasteiger partial charge in [-0.25, -0.2) is 4.85 Å². The number of rotatable bonds is 2. The van der Waals surface area contributed by atoms with Gasteiger partial charge in [-0.3, -0.25) is 5.10 Å². The molecule has 2 aromatic heterocycles. The first-order valence-corrected chi connectivity index (χ1v) is 7.04. The third kappa shape index (κ3) is 1.89. The predicted molar refractivity (Wildman–Crippen MR) is 83.9 cm³/mol. The number of H-pyrrole nitrogens is 1. The monoisotopic (exact) mass is 307 g/mol. The van der Waals surface area contributed by atoms with Crippen molar-refractivity contribution in [1.82, 2.24) is 15.4 Å². The maximum absolute atomic E-state index is 7.55. The highest BCUT2D eigenvalue weighted by atomic mass is 16.5. The summed E-state index contributed by atoms with van der Waals surface area (Å²) in [7, 11) is 1.58. The minimum atomic E-state index is -0.223. The van der Waals surface area contributed by atoms with Crippen LogP contribution in [-0.2, 0) is 0 Å². The molecule has 0 bridgehead atoms. The quantitative estimate of drug-likeness (QED) is 0.710. The summed E-state index contributed by atoms with van der Waals surface area (Å²) in [5, 5.41) is 14.9. The molecule has 7 heteroatoms. The van der Waals surface area contributed by atoms with Gasteiger partial charge in [0, 0.05) is 11.3 Å². The van der Waals surface area contributed by atoms with Crippen LogP contribution >= 0.6 is 0 Å². The number of hydrogen-bond acceptors (Lipinski definition) is 5. The average Bonchev–Trinajstić information content (AvgIpc) is 3.18. The molecule has 1 aliphatic rings. The van der Waals surface area contributed by atoms with E-state index in [1.54, 1.807) is 13.3 Å². The highest BCUT2D eigenvalue weighted by Gasteiger charge is 2.32. The Hall–Kier alpha value is -3.27. The van der Waals surface area contributed by atoms with Gasteiger partial charge in [-0.15, -0.1) is 5.10 Å². The number of methoxy groups -OCH3 is 1. The van der Waals surface area contributed by atoms with Crippen molar-refractivity contribution >= 4 is 16.8 Å². The number of hydrogen-bond donors (Lipinski definition) is 2. The summed E-state index contributed by atoms with van der Waals surface area (Å²) < 4.78 is 10.5. The van der Waals surface area contributed by atoms with Gasteiger partial charge in [-0.1, -0.05) is 11.2 Å². The van der Waals surface area contributed by atoms with Crippen molar-refractivity contribution in [3.63, 3.8) is 0 Å². The third-order valence-corrected chi connectivity index (χ3v) is 4.07. The number of benzene rings is 1. The molecule has 2 N–H and O–H groups in total. The second kappa shape index (κ2) is 4.88. The van der Waals surface area contributed by atoms with E-state index in [0.717, 1.165) is 27.7 Å². The largest absolute Gasteiger partial charge is 0.480 e. The van der Waals surface area contributed by atoms with E-state index in [9.17, 15) is 0 Å². The Bertz CT molecular complexity index is 976. The lowest BCUT2D eigenvalue weighted by Crippen LogP contribution is -2.14. The van der Waals surface area contributed by atoms with Gasteiger partial charge in [-0.2, -0.15) is 0 Å². The molecule has 1 unspecified atom stereocenters. The van der Waals surface area contributed by atoms with Crippen LogP contribution < -0.4 is 10.1 Å². The molecule has 0 fully saturated rings. The van der Waals surface area contributed by atoms with Crippen LogP contribution in [0.5, 0.6) is 5.88 Å². The number of anilines is 1. The standard InChI is InChI=1S/C16H13N5O2/c1-8-14(17-2)13(11-7-18-23-15(11)19-8)9-4-5-12-10(6-9)16(22-3)21-20-12/h4-7,13,19H,1,3H3,(H,20,21). The van der Waals surface area contributed by atoms with E-state index in [-0.39, 0.29) is 5.92 Å². The first-order valence-electron chi connectivity index (χ1n) is 7.04. The van der Waals surface area contributed by atoms with Crippen LogP contribution in [0.3, 0.4) is 0 Å². The molecule has 3 heterocycles. The molecule has 0 amide bonds. The van der Waals surface area contributed by atoms with Crippen molar-refractivity contribution in [1.29, 1.82) is 0 Å². The van der Waals surface area contributed by atoms with Gasteiger partial charge in [-0.05, 0) is 24.6 Å². The summed E-state index contributed by atoms with van der Waals surface area (Å²) in [6.45, 7) is 9.41. The lowest BCUT2D eigenvalue weighted by molar-refractivity contribution is 0.401. The van der Waals surface area contributed by atoms with Crippen molar-refractivity contribution in [3.8, 4) is 5.88 Å². The van der Waals surface area contributed by atoms with Gasteiger partial charge >= 0.3 is 0 Å². The molecule has 0 saturated carbocycles. The predicted octanol–water partition coefficient (Wildman–Crippen LogP) is 3.27. The van der Waals surface area contributed by atoms with Gasteiger partial charge < -0.3 is 14.6 Å².